The lowest BCUT2D eigenvalue weighted by Crippen LogP contribution is -2.31. The molecule has 4 heteroatoms. The number of carbonyl (C=O) groups is 1. The number of piperidine rings is 1. The van der Waals surface area contributed by atoms with Crippen LogP contribution in [0.4, 0.5) is 0 Å². The Balaban J connectivity index is 1.66. The Morgan fingerprint density at radius 1 is 1.32 bits per heavy atom. The fourth-order valence-corrected chi connectivity index (χ4v) is 3.73. The summed E-state index contributed by atoms with van der Waals surface area (Å²) in [4.78, 5) is 12.4. The van der Waals surface area contributed by atoms with Crippen molar-refractivity contribution >= 4 is 29.0 Å². The number of benzene rings is 1. The van der Waals surface area contributed by atoms with Gasteiger partial charge in [-0.15, -0.1) is 0 Å². The van der Waals surface area contributed by atoms with Crippen LogP contribution in [0.15, 0.2) is 18.2 Å². The number of hydrogen-bond donors (Lipinski definition) is 1. The molecule has 2 nitrogen and oxygen atoms in total. The normalized spacial score (nSPS) is 24.4. The summed E-state index contributed by atoms with van der Waals surface area (Å²) >= 11 is 12.0. The maximum absolute atomic E-state index is 12.4. The van der Waals surface area contributed by atoms with Crippen molar-refractivity contribution in [3.05, 3.63) is 33.8 Å². The number of rotatable bonds is 3. The summed E-state index contributed by atoms with van der Waals surface area (Å²) in [7, 11) is 0. The molecule has 1 atom stereocenters. The smallest absolute Gasteiger partial charge is 0.140 e. The van der Waals surface area contributed by atoms with Gasteiger partial charge >= 0.3 is 0 Å². The molecule has 3 rings (SSSR count). The van der Waals surface area contributed by atoms with Gasteiger partial charge in [0.25, 0.3) is 0 Å². The summed E-state index contributed by atoms with van der Waals surface area (Å²) < 4.78 is 0. The van der Waals surface area contributed by atoms with E-state index in [0.29, 0.717) is 27.7 Å². The van der Waals surface area contributed by atoms with Crippen LogP contribution in [0.25, 0.3) is 0 Å². The van der Waals surface area contributed by atoms with Gasteiger partial charge < -0.3 is 5.32 Å². The van der Waals surface area contributed by atoms with Crippen LogP contribution >= 0.6 is 23.2 Å². The van der Waals surface area contributed by atoms with E-state index in [0.717, 1.165) is 37.9 Å². The van der Waals surface area contributed by atoms with E-state index in [1.807, 2.05) is 6.07 Å². The van der Waals surface area contributed by atoms with E-state index < -0.39 is 0 Å². The Kier molecular flexibility index (Phi) is 3.59. The molecule has 1 heterocycles. The van der Waals surface area contributed by atoms with Gasteiger partial charge in [-0.25, -0.2) is 0 Å². The molecule has 1 aliphatic heterocycles. The molecule has 1 spiro atoms. The molecule has 1 N–H and O–H groups in total. The molecule has 2 aliphatic rings. The van der Waals surface area contributed by atoms with Crippen LogP contribution in [0.3, 0.4) is 0 Å². The summed E-state index contributed by atoms with van der Waals surface area (Å²) in [5.74, 6) is 0.590. The maximum atomic E-state index is 12.4. The Labute approximate surface area is 123 Å². The minimum atomic E-state index is 0.251. The van der Waals surface area contributed by atoms with Crippen molar-refractivity contribution in [2.24, 2.45) is 11.3 Å². The van der Waals surface area contributed by atoms with Gasteiger partial charge in [-0.3, -0.25) is 4.79 Å². The van der Waals surface area contributed by atoms with Crippen molar-refractivity contribution in [3.63, 3.8) is 0 Å². The third-order valence-electron chi connectivity index (χ3n) is 4.56. The van der Waals surface area contributed by atoms with Gasteiger partial charge in [0.05, 0.1) is 0 Å². The van der Waals surface area contributed by atoms with Gasteiger partial charge in [0, 0.05) is 22.4 Å². The third-order valence-corrected chi connectivity index (χ3v) is 5.14. The number of hydrogen-bond acceptors (Lipinski definition) is 2. The second kappa shape index (κ2) is 5.08. The predicted molar refractivity (Wildman–Crippen MR) is 77.8 cm³/mol. The molecular weight excluding hydrogens is 281 g/mol. The van der Waals surface area contributed by atoms with Gasteiger partial charge in [-0.1, -0.05) is 29.3 Å². The van der Waals surface area contributed by atoms with Crippen LogP contribution in [-0.4, -0.2) is 18.9 Å². The molecule has 1 unspecified atom stereocenters. The number of carbonyl (C=O) groups excluding carboxylic acids is 1. The molecular formula is C15H17Cl2NO. The molecule has 1 saturated heterocycles. The fourth-order valence-electron chi connectivity index (χ4n) is 3.26. The quantitative estimate of drug-likeness (QED) is 0.925. The Hall–Kier alpha value is -0.570. The van der Waals surface area contributed by atoms with Crippen LogP contribution in [0.2, 0.25) is 10.0 Å². The molecule has 0 aromatic heterocycles. The summed E-state index contributed by atoms with van der Waals surface area (Å²) in [6.07, 6.45) is 3.78. The van der Waals surface area contributed by atoms with E-state index in [9.17, 15) is 4.79 Å². The highest BCUT2D eigenvalue weighted by atomic mass is 35.5. The van der Waals surface area contributed by atoms with Gasteiger partial charge in [-0.05, 0) is 55.5 Å². The van der Waals surface area contributed by atoms with Crippen LogP contribution in [-0.2, 0) is 11.2 Å². The summed E-state index contributed by atoms with van der Waals surface area (Å²) in [6.45, 7) is 2.09. The highest BCUT2D eigenvalue weighted by molar-refractivity contribution is 6.35. The zero-order valence-corrected chi connectivity index (χ0v) is 12.2. The van der Waals surface area contributed by atoms with E-state index in [4.69, 9.17) is 23.2 Å². The highest BCUT2D eigenvalue weighted by Gasteiger charge is 2.56. The first-order chi connectivity index (χ1) is 9.11. The topological polar surface area (TPSA) is 29.1 Å². The van der Waals surface area contributed by atoms with Crippen molar-refractivity contribution in [1.29, 1.82) is 0 Å². The van der Waals surface area contributed by atoms with Gasteiger partial charge in [-0.2, -0.15) is 0 Å². The highest BCUT2D eigenvalue weighted by Crippen LogP contribution is 2.59. The van der Waals surface area contributed by atoms with Crippen molar-refractivity contribution in [2.45, 2.75) is 25.7 Å². The molecule has 1 aromatic carbocycles. The van der Waals surface area contributed by atoms with Gasteiger partial charge in [0.15, 0.2) is 0 Å². The van der Waals surface area contributed by atoms with Crippen molar-refractivity contribution in [3.8, 4) is 0 Å². The third kappa shape index (κ3) is 2.67. The Bertz CT molecular complexity index is 509. The summed E-state index contributed by atoms with van der Waals surface area (Å²) in [6, 6.07) is 5.36. The zero-order chi connectivity index (χ0) is 13.5. The molecule has 0 radical (unpaired) electrons. The van der Waals surface area contributed by atoms with E-state index in [1.54, 1.807) is 12.1 Å². The minimum absolute atomic E-state index is 0.251. The number of ketones is 1. The number of halogens is 2. The first-order valence-electron chi connectivity index (χ1n) is 6.78. The first kappa shape index (κ1) is 13.4. The Morgan fingerprint density at radius 3 is 2.74 bits per heavy atom. The standard InChI is InChI=1S/C15H17Cl2NO/c16-11-2-1-10(13(17)8-11)7-14(19)12-9-15(12)3-5-18-6-4-15/h1-2,8,12,18H,3-7,9H2. The first-order valence-corrected chi connectivity index (χ1v) is 7.54. The van der Waals surface area contributed by atoms with E-state index in [1.165, 1.54) is 0 Å². The van der Waals surface area contributed by atoms with E-state index in [2.05, 4.69) is 5.32 Å². The summed E-state index contributed by atoms with van der Waals surface area (Å²) in [5, 5.41) is 4.57. The second-order valence-corrected chi connectivity index (χ2v) is 6.59. The lowest BCUT2D eigenvalue weighted by Gasteiger charge is -2.23. The van der Waals surface area contributed by atoms with E-state index in [-0.39, 0.29) is 5.92 Å². The predicted octanol–water partition coefficient (Wildman–Crippen LogP) is 3.49. The van der Waals surface area contributed by atoms with Gasteiger partial charge in [0.2, 0.25) is 0 Å². The molecule has 1 saturated carbocycles. The average Bonchev–Trinajstić information content (AvgIpc) is 3.07. The molecule has 2 fully saturated rings. The molecule has 102 valence electrons. The molecule has 1 aromatic rings. The van der Waals surface area contributed by atoms with Crippen LogP contribution in [0.1, 0.15) is 24.8 Å². The van der Waals surface area contributed by atoms with E-state index >= 15 is 0 Å². The minimum Gasteiger partial charge on any atom is -0.317 e. The van der Waals surface area contributed by atoms with Crippen molar-refractivity contribution < 1.29 is 4.79 Å². The lowest BCUT2D eigenvalue weighted by atomic mass is 9.89. The van der Waals surface area contributed by atoms with Crippen LogP contribution in [0.5, 0.6) is 0 Å². The largest absolute Gasteiger partial charge is 0.317 e. The molecule has 0 amide bonds. The lowest BCUT2D eigenvalue weighted by molar-refractivity contribution is -0.120. The van der Waals surface area contributed by atoms with Gasteiger partial charge in [0.1, 0.15) is 5.78 Å². The SMILES string of the molecule is O=C(Cc1ccc(Cl)cc1Cl)C1CC12CCNCC2. The summed E-state index contributed by atoms with van der Waals surface area (Å²) in [5.41, 5.74) is 1.20. The van der Waals surface area contributed by atoms with Crippen molar-refractivity contribution in [2.75, 3.05) is 13.1 Å². The average molecular weight is 298 g/mol. The van der Waals surface area contributed by atoms with Crippen molar-refractivity contribution in [1.82, 2.24) is 5.32 Å². The molecule has 0 bridgehead atoms. The second-order valence-electron chi connectivity index (χ2n) is 5.75. The Morgan fingerprint density at radius 2 is 2.05 bits per heavy atom. The molecule has 1 aliphatic carbocycles. The van der Waals surface area contributed by atoms with Crippen LogP contribution < -0.4 is 5.32 Å². The monoisotopic (exact) mass is 297 g/mol. The zero-order valence-electron chi connectivity index (χ0n) is 10.7. The van der Waals surface area contributed by atoms with Crippen LogP contribution in [0, 0.1) is 11.3 Å². The number of nitrogens with one attached hydrogen (secondary N) is 1. The number of Topliss-reactive ketones (excluding diaryl/α,β-unsaturated/α-hetero) is 1. The maximum Gasteiger partial charge on any atom is 0.140 e. The fraction of sp³-hybridized carbons (Fsp3) is 0.533. The molecule has 19 heavy (non-hydrogen) atoms.